The Hall–Kier alpha value is -0.450. The zero-order valence-corrected chi connectivity index (χ0v) is 12.0. The zero-order chi connectivity index (χ0) is 12.8. The van der Waals surface area contributed by atoms with E-state index in [-0.39, 0.29) is 5.82 Å². The molecule has 0 aliphatic heterocycles. The minimum absolute atomic E-state index is 0.162. The van der Waals surface area contributed by atoms with Crippen molar-refractivity contribution in [2.45, 2.75) is 20.4 Å². The number of benzene rings is 1. The van der Waals surface area contributed by atoms with Crippen molar-refractivity contribution in [1.29, 1.82) is 0 Å². The third-order valence-electron chi connectivity index (χ3n) is 2.48. The summed E-state index contributed by atoms with van der Waals surface area (Å²) >= 11 is 3.26. The molecule has 0 aromatic heterocycles. The van der Waals surface area contributed by atoms with Gasteiger partial charge in [-0.15, -0.1) is 0 Å². The minimum Gasteiger partial charge on any atom is -0.329 e. The fraction of sp³-hybridized carbons (Fsp3) is 0.538. The summed E-state index contributed by atoms with van der Waals surface area (Å²) in [6, 6.07) is 5.20. The molecule has 0 aliphatic rings. The normalized spacial score (nSPS) is 11.5. The zero-order valence-electron chi connectivity index (χ0n) is 10.4. The van der Waals surface area contributed by atoms with Gasteiger partial charge in [-0.1, -0.05) is 35.8 Å². The molecule has 4 heteroatoms. The second-order valence-electron chi connectivity index (χ2n) is 4.65. The van der Waals surface area contributed by atoms with Crippen molar-refractivity contribution in [1.82, 2.24) is 4.90 Å². The SMILES string of the molecule is CC(C)CN(CCN)Cc1ccc(Br)cc1F. The van der Waals surface area contributed by atoms with Crippen LogP contribution in [0.25, 0.3) is 0 Å². The van der Waals surface area contributed by atoms with Gasteiger partial charge >= 0.3 is 0 Å². The molecule has 2 nitrogen and oxygen atoms in total. The van der Waals surface area contributed by atoms with Crippen LogP contribution >= 0.6 is 15.9 Å². The third kappa shape index (κ3) is 5.15. The smallest absolute Gasteiger partial charge is 0.128 e. The first-order valence-corrected chi connectivity index (χ1v) is 6.68. The molecule has 0 unspecified atom stereocenters. The molecular weight excluding hydrogens is 283 g/mol. The number of hydrogen-bond acceptors (Lipinski definition) is 2. The minimum atomic E-state index is -0.162. The van der Waals surface area contributed by atoms with Gasteiger partial charge in [-0.2, -0.15) is 0 Å². The number of hydrogen-bond donors (Lipinski definition) is 1. The molecule has 0 amide bonds. The lowest BCUT2D eigenvalue weighted by atomic mass is 10.1. The van der Waals surface area contributed by atoms with Crippen LogP contribution in [0.1, 0.15) is 19.4 Å². The number of rotatable bonds is 6. The molecule has 0 atom stereocenters. The molecule has 2 N–H and O–H groups in total. The van der Waals surface area contributed by atoms with Gasteiger partial charge in [-0.05, 0) is 18.1 Å². The average Bonchev–Trinajstić information content (AvgIpc) is 2.21. The topological polar surface area (TPSA) is 29.3 Å². The van der Waals surface area contributed by atoms with Crippen molar-refractivity contribution in [3.63, 3.8) is 0 Å². The van der Waals surface area contributed by atoms with Crippen LogP contribution in [0.15, 0.2) is 22.7 Å². The van der Waals surface area contributed by atoms with E-state index in [9.17, 15) is 4.39 Å². The van der Waals surface area contributed by atoms with E-state index in [4.69, 9.17) is 5.73 Å². The maximum atomic E-state index is 13.7. The second-order valence-corrected chi connectivity index (χ2v) is 5.57. The Morgan fingerprint density at radius 2 is 2.12 bits per heavy atom. The fourth-order valence-electron chi connectivity index (χ4n) is 1.82. The molecule has 1 rings (SSSR count). The standard InChI is InChI=1S/C13H20BrFN2/c1-10(2)8-17(6-5-16)9-11-3-4-12(14)7-13(11)15/h3-4,7,10H,5-6,8-9,16H2,1-2H3. The van der Waals surface area contributed by atoms with Gasteiger partial charge in [0.05, 0.1) is 0 Å². The van der Waals surface area contributed by atoms with E-state index < -0.39 is 0 Å². The van der Waals surface area contributed by atoms with Gasteiger partial charge in [0, 0.05) is 36.2 Å². The second kappa shape index (κ2) is 7.09. The summed E-state index contributed by atoms with van der Waals surface area (Å²) in [4.78, 5) is 2.19. The van der Waals surface area contributed by atoms with Crippen LogP contribution in [0, 0.1) is 11.7 Å². The highest BCUT2D eigenvalue weighted by molar-refractivity contribution is 9.10. The van der Waals surface area contributed by atoms with E-state index in [1.54, 1.807) is 0 Å². The van der Waals surface area contributed by atoms with Crippen molar-refractivity contribution < 1.29 is 4.39 Å². The van der Waals surface area contributed by atoms with Crippen molar-refractivity contribution in [2.24, 2.45) is 11.7 Å². The Labute approximate surface area is 111 Å². The Morgan fingerprint density at radius 3 is 2.65 bits per heavy atom. The average molecular weight is 303 g/mol. The van der Waals surface area contributed by atoms with Crippen molar-refractivity contribution >= 4 is 15.9 Å². The summed E-state index contributed by atoms with van der Waals surface area (Å²) in [7, 11) is 0. The van der Waals surface area contributed by atoms with Crippen molar-refractivity contribution in [3.8, 4) is 0 Å². The molecule has 0 saturated carbocycles. The molecule has 0 fully saturated rings. The Bertz CT molecular complexity index is 355. The van der Waals surface area contributed by atoms with Gasteiger partial charge in [-0.3, -0.25) is 4.90 Å². The molecule has 0 aliphatic carbocycles. The highest BCUT2D eigenvalue weighted by atomic mass is 79.9. The first kappa shape index (κ1) is 14.6. The maximum Gasteiger partial charge on any atom is 0.128 e. The highest BCUT2D eigenvalue weighted by Crippen LogP contribution is 2.17. The lowest BCUT2D eigenvalue weighted by Crippen LogP contribution is -2.32. The predicted octanol–water partition coefficient (Wildman–Crippen LogP) is 3.00. The predicted molar refractivity (Wildman–Crippen MR) is 73.3 cm³/mol. The molecule has 0 radical (unpaired) electrons. The summed E-state index contributed by atoms with van der Waals surface area (Å²) in [5.41, 5.74) is 6.30. The Balaban J connectivity index is 2.71. The highest BCUT2D eigenvalue weighted by Gasteiger charge is 2.10. The molecule has 1 aromatic rings. The van der Waals surface area contributed by atoms with Crippen LogP contribution in [0.2, 0.25) is 0 Å². The van der Waals surface area contributed by atoms with Gasteiger partial charge in [0.25, 0.3) is 0 Å². The summed E-state index contributed by atoms with van der Waals surface area (Å²) < 4.78 is 14.5. The summed E-state index contributed by atoms with van der Waals surface area (Å²) in [6.45, 7) is 7.27. The third-order valence-corrected chi connectivity index (χ3v) is 2.97. The molecule has 0 spiro atoms. The summed E-state index contributed by atoms with van der Waals surface area (Å²) in [6.07, 6.45) is 0. The van der Waals surface area contributed by atoms with E-state index in [0.29, 0.717) is 19.0 Å². The van der Waals surface area contributed by atoms with Gasteiger partial charge < -0.3 is 5.73 Å². The molecule has 1 aromatic carbocycles. The number of halogens is 2. The van der Waals surface area contributed by atoms with E-state index in [0.717, 1.165) is 23.1 Å². The number of nitrogens with zero attached hydrogens (tertiary/aromatic N) is 1. The fourth-order valence-corrected chi connectivity index (χ4v) is 2.16. The van der Waals surface area contributed by atoms with Crippen LogP contribution in [0.4, 0.5) is 4.39 Å². The van der Waals surface area contributed by atoms with Gasteiger partial charge in [0.2, 0.25) is 0 Å². The molecule has 0 saturated heterocycles. The first-order valence-electron chi connectivity index (χ1n) is 5.89. The molecular formula is C13H20BrFN2. The molecule has 17 heavy (non-hydrogen) atoms. The summed E-state index contributed by atoms with van der Waals surface area (Å²) in [5.74, 6) is 0.394. The molecule has 0 heterocycles. The first-order chi connectivity index (χ1) is 8.02. The van der Waals surface area contributed by atoms with E-state index in [1.165, 1.54) is 6.07 Å². The van der Waals surface area contributed by atoms with E-state index >= 15 is 0 Å². The Morgan fingerprint density at radius 1 is 1.41 bits per heavy atom. The monoisotopic (exact) mass is 302 g/mol. The van der Waals surface area contributed by atoms with E-state index in [1.807, 2.05) is 12.1 Å². The van der Waals surface area contributed by atoms with Crippen LogP contribution in [0.5, 0.6) is 0 Å². The molecule has 0 bridgehead atoms. The Kier molecular flexibility index (Phi) is 6.09. The van der Waals surface area contributed by atoms with Gasteiger partial charge in [0.15, 0.2) is 0 Å². The largest absolute Gasteiger partial charge is 0.329 e. The van der Waals surface area contributed by atoms with Crippen LogP contribution in [0.3, 0.4) is 0 Å². The van der Waals surface area contributed by atoms with E-state index in [2.05, 4.69) is 34.7 Å². The lowest BCUT2D eigenvalue weighted by molar-refractivity contribution is 0.239. The molecule has 96 valence electrons. The summed E-state index contributed by atoms with van der Waals surface area (Å²) in [5, 5.41) is 0. The van der Waals surface area contributed by atoms with Gasteiger partial charge in [0.1, 0.15) is 5.82 Å². The number of nitrogens with two attached hydrogens (primary N) is 1. The van der Waals surface area contributed by atoms with Gasteiger partial charge in [-0.25, -0.2) is 4.39 Å². The van der Waals surface area contributed by atoms with Crippen LogP contribution < -0.4 is 5.73 Å². The maximum absolute atomic E-state index is 13.7. The van der Waals surface area contributed by atoms with Crippen molar-refractivity contribution in [3.05, 3.63) is 34.1 Å². The van der Waals surface area contributed by atoms with Crippen LogP contribution in [-0.4, -0.2) is 24.5 Å². The van der Waals surface area contributed by atoms with Crippen LogP contribution in [-0.2, 0) is 6.54 Å². The van der Waals surface area contributed by atoms with Crippen molar-refractivity contribution in [2.75, 3.05) is 19.6 Å². The lowest BCUT2D eigenvalue weighted by Gasteiger charge is -2.23. The quantitative estimate of drug-likeness (QED) is 0.875.